The van der Waals surface area contributed by atoms with Gasteiger partial charge in [0.15, 0.2) is 0 Å². The van der Waals surface area contributed by atoms with Crippen molar-refractivity contribution in [2.45, 2.75) is 38.6 Å². The van der Waals surface area contributed by atoms with Gasteiger partial charge in [0.25, 0.3) is 0 Å². The molecule has 1 rings (SSSR count). The lowest BCUT2D eigenvalue weighted by Crippen LogP contribution is -2.30. The molecular weight excluding hydrogens is 246 g/mol. The molecule has 0 aliphatic rings. The lowest BCUT2D eigenvalue weighted by Gasteiger charge is -2.15. The lowest BCUT2D eigenvalue weighted by molar-refractivity contribution is -0.138. The van der Waals surface area contributed by atoms with Crippen LogP contribution in [0.1, 0.15) is 38.3 Å². The third kappa shape index (κ3) is 5.21. The summed E-state index contributed by atoms with van der Waals surface area (Å²) in [5.74, 6) is -0.0651. The number of hydrogen-bond donors (Lipinski definition) is 2. The van der Waals surface area contributed by atoms with E-state index < -0.39 is 12.0 Å². The van der Waals surface area contributed by atoms with Crippen LogP contribution in [0.5, 0.6) is 0 Å². The zero-order valence-electron chi connectivity index (χ0n) is 11.6. The Morgan fingerprint density at radius 3 is 2.79 bits per heavy atom. The van der Waals surface area contributed by atoms with E-state index in [2.05, 4.69) is 15.3 Å². The molecule has 0 fully saturated rings. The average Bonchev–Trinajstić information content (AvgIpc) is 2.38. The van der Waals surface area contributed by atoms with E-state index in [0.29, 0.717) is 25.3 Å². The van der Waals surface area contributed by atoms with Gasteiger partial charge in [0.2, 0.25) is 0 Å². The molecule has 6 heteroatoms. The molecule has 0 saturated heterocycles. The maximum atomic E-state index is 11.2. The van der Waals surface area contributed by atoms with Crippen LogP contribution >= 0.6 is 0 Å². The molecule has 0 aliphatic carbocycles. The first-order valence-electron chi connectivity index (χ1n) is 6.34. The minimum absolute atomic E-state index is 0.278. The zero-order chi connectivity index (χ0) is 14.3. The van der Waals surface area contributed by atoms with Gasteiger partial charge in [-0.05, 0) is 18.8 Å². The minimum atomic E-state index is -0.888. The summed E-state index contributed by atoms with van der Waals surface area (Å²) in [7, 11) is 1.60. The molecule has 2 N–H and O–H groups in total. The van der Waals surface area contributed by atoms with E-state index in [1.165, 1.54) is 6.33 Å². The van der Waals surface area contributed by atoms with E-state index in [0.717, 1.165) is 5.69 Å². The van der Waals surface area contributed by atoms with E-state index in [4.69, 9.17) is 9.84 Å². The van der Waals surface area contributed by atoms with Crippen LogP contribution < -0.4 is 5.32 Å². The molecule has 19 heavy (non-hydrogen) atoms. The number of ether oxygens (including phenoxy) is 1. The average molecular weight is 267 g/mol. The summed E-state index contributed by atoms with van der Waals surface area (Å²) < 4.78 is 4.93. The molecule has 106 valence electrons. The molecule has 1 heterocycles. The summed E-state index contributed by atoms with van der Waals surface area (Å²) in [5, 5.41) is 12.1. The van der Waals surface area contributed by atoms with Gasteiger partial charge in [-0.3, -0.25) is 0 Å². The molecule has 0 bridgehead atoms. The topological polar surface area (TPSA) is 84.3 Å². The van der Waals surface area contributed by atoms with Crippen molar-refractivity contribution in [3.8, 4) is 0 Å². The zero-order valence-corrected chi connectivity index (χ0v) is 11.6. The third-order valence-corrected chi connectivity index (χ3v) is 2.74. The Morgan fingerprint density at radius 2 is 2.21 bits per heavy atom. The number of carboxylic acids is 1. The first-order chi connectivity index (χ1) is 9.04. The Balaban J connectivity index is 2.67. The molecule has 0 amide bonds. The summed E-state index contributed by atoms with van der Waals surface area (Å²) >= 11 is 0. The number of carboxylic acid groups (broad SMARTS) is 1. The maximum Gasteiger partial charge on any atom is 0.326 e. The van der Waals surface area contributed by atoms with Gasteiger partial charge in [-0.15, -0.1) is 0 Å². The van der Waals surface area contributed by atoms with Crippen molar-refractivity contribution in [1.82, 2.24) is 9.97 Å². The second kappa shape index (κ2) is 7.68. The fourth-order valence-electron chi connectivity index (χ4n) is 1.63. The van der Waals surface area contributed by atoms with Crippen LogP contribution in [0.2, 0.25) is 0 Å². The van der Waals surface area contributed by atoms with Gasteiger partial charge in [0.1, 0.15) is 18.2 Å². The molecule has 1 unspecified atom stereocenters. The highest BCUT2D eigenvalue weighted by Gasteiger charge is 2.17. The van der Waals surface area contributed by atoms with E-state index in [1.54, 1.807) is 13.2 Å². The Hall–Kier alpha value is -1.69. The number of anilines is 1. The molecular formula is C13H21N3O3. The summed E-state index contributed by atoms with van der Waals surface area (Å²) in [4.78, 5) is 19.4. The Morgan fingerprint density at radius 1 is 1.47 bits per heavy atom. The molecule has 0 aliphatic heterocycles. The van der Waals surface area contributed by atoms with Gasteiger partial charge < -0.3 is 15.2 Å². The fourth-order valence-corrected chi connectivity index (χ4v) is 1.63. The first-order valence-corrected chi connectivity index (χ1v) is 6.34. The van der Waals surface area contributed by atoms with Gasteiger partial charge in [-0.2, -0.15) is 0 Å². The minimum Gasteiger partial charge on any atom is -0.480 e. The van der Waals surface area contributed by atoms with E-state index in [-0.39, 0.29) is 5.92 Å². The summed E-state index contributed by atoms with van der Waals surface area (Å²) in [6, 6.07) is 1.13. The number of aromatic nitrogens is 2. The Labute approximate surface area is 113 Å². The van der Waals surface area contributed by atoms with E-state index >= 15 is 0 Å². The van der Waals surface area contributed by atoms with Crippen molar-refractivity contribution in [1.29, 1.82) is 0 Å². The van der Waals surface area contributed by atoms with Crippen molar-refractivity contribution < 1.29 is 14.6 Å². The number of aliphatic carboxylic acids is 1. The highest BCUT2D eigenvalue weighted by Crippen LogP contribution is 2.15. The SMILES string of the molecule is COCCCC(Nc1cc(C(C)C)ncn1)C(=O)O. The highest BCUT2D eigenvalue weighted by atomic mass is 16.5. The smallest absolute Gasteiger partial charge is 0.326 e. The van der Waals surface area contributed by atoms with Gasteiger partial charge in [0, 0.05) is 25.5 Å². The van der Waals surface area contributed by atoms with E-state index in [1.807, 2.05) is 13.8 Å². The predicted molar refractivity (Wildman–Crippen MR) is 72.3 cm³/mol. The van der Waals surface area contributed by atoms with Crippen LogP contribution in [-0.4, -0.2) is 40.8 Å². The molecule has 1 atom stereocenters. The van der Waals surface area contributed by atoms with Crippen molar-refractivity contribution in [3.63, 3.8) is 0 Å². The lowest BCUT2D eigenvalue weighted by atomic mass is 10.1. The maximum absolute atomic E-state index is 11.2. The second-order valence-electron chi connectivity index (χ2n) is 4.65. The molecule has 1 aromatic rings. The molecule has 0 saturated carbocycles. The normalized spacial score (nSPS) is 12.4. The third-order valence-electron chi connectivity index (χ3n) is 2.74. The van der Waals surface area contributed by atoms with Crippen molar-refractivity contribution >= 4 is 11.8 Å². The van der Waals surface area contributed by atoms with Gasteiger partial charge in [-0.1, -0.05) is 13.8 Å². The van der Waals surface area contributed by atoms with Gasteiger partial charge in [0.05, 0.1) is 0 Å². The number of nitrogens with one attached hydrogen (secondary N) is 1. The second-order valence-corrected chi connectivity index (χ2v) is 4.65. The number of hydrogen-bond acceptors (Lipinski definition) is 5. The Kier molecular flexibility index (Phi) is 6.21. The van der Waals surface area contributed by atoms with Crippen LogP contribution in [-0.2, 0) is 9.53 Å². The summed E-state index contributed by atoms with van der Waals surface area (Å²) in [6.07, 6.45) is 2.62. The fraction of sp³-hybridized carbons (Fsp3) is 0.615. The number of carbonyl (C=O) groups is 1. The van der Waals surface area contributed by atoms with Crippen molar-refractivity contribution in [2.75, 3.05) is 19.0 Å². The quantitative estimate of drug-likeness (QED) is 0.700. The monoisotopic (exact) mass is 267 g/mol. The molecule has 0 spiro atoms. The summed E-state index contributed by atoms with van der Waals surface area (Å²) in [5.41, 5.74) is 0.888. The van der Waals surface area contributed by atoms with Crippen LogP contribution in [0.25, 0.3) is 0 Å². The number of rotatable bonds is 8. The highest BCUT2D eigenvalue weighted by molar-refractivity contribution is 5.76. The van der Waals surface area contributed by atoms with Crippen LogP contribution in [0.4, 0.5) is 5.82 Å². The molecule has 0 radical (unpaired) electrons. The predicted octanol–water partition coefficient (Wildman–Crippen LogP) is 1.89. The molecule has 1 aromatic heterocycles. The number of methoxy groups -OCH3 is 1. The Bertz CT molecular complexity index is 410. The molecule has 6 nitrogen and oxygen atoms in total. The largest absolute Gasteiger partial charge is 0.480 e. The van der Waals surface area contributed by atoms with Gasteiger partial charge >= 0.3 is 5.97 Å². The van der Waals surface area contributed by atoms with Crippen LogP contribution in [0.3, 0.4) is 0 Å². The van der Waals surface area contributed by atoms with E-state index in [9.17, 15) is 4.79 Å². The van der Waals surface area contributed by atoms with Crippen molar-refractivity contribution in [3.05, 3.63) is 18.1 Å². The van der Waals surface area contributed by atoms with Gasteiger partial charge in [-0.25, -0.2) is 14.8 Å². The first kappa shape index (κ1) is 15.4. The number of nitrogens with zero attached hydrogens (tertiary/aromatic N) is 2. The van der Waals surface area contributed by atoms with Crippen LogP contribution in [0, 0.1) is 0 Å². The standard InChI is InChI=1S/C13H21N3O3/c1-9(2)11-7-12(15-8-14-11)16-10(13(17)18)5-4-6-19-3/h7-10H,4-6H2,1-3H3,(H,17,18)(H,14,15,16). The summed E-state index contributed by atoms with van der Waals surface area (Å²) in [6.45, 7) is 4.60. The van der Waals surface area contributed by atoms with Crippen molar-refractivity contribution in [2.24, 2.45) is 0 Å². The molecule has 0 aromatic carbocycles. The van der Waals surface area contributed by atoms with Crippen LogP contribution in [0.15, 0.2) is 12.4 Å².